The summed E-state index contributed by atoms with van der Waals surface area (Å²) in [5, 5.41) is 4.26. The maximum Gasteiger partial charge on any atom is 0.0292 e. The van der Waals surface area contributed by atoms with Gasteiger partial charge in [-0.25, -0.2) is 0 Å². The van der Waals surface area contributed by atoms with Crippen molar-refractivity contribution in [2.24, 2.45) is 0 Å². The lowest BCUT2D eigenvalue weighted by Gasteiger charge is -2.16. The average molecular weight is 265 g/mol. The Hall–Kier alpha value is -0.470. The Morgan fingerprint density at radius 3 is 2.61 bits per heavy atom. The molecule has 1 aromatic carbocycles. The maximum absolute atomic E-state index is 3.55. The first-order valence-electron chi connectivity index (χ1n) is 7.17. The van der Waals surface area contributed by atoms with Gasteiger partial charge in [0.2, 0.25) is 0 Å². The Bertz CT molecular complexity index is 338. The summed E-state index contributed by atoms with van der Waals surface area (Å²) in [5.41, 5.74) is 1.40. The van der Waals surface area contributed by atoms with Crippen molar-refractivity contribution in [2.45, 2.75) is 63.1 Å². The molecule has 2 atom stereocenters. The summed E-state index contributed by atoms with van der Waals surface area (Å²) < 4.78 is 0. The van der Waals surface area contributed by atoms with Crippen LogP contribution in [-0.2, 0) is 0 Å². The third kappa shape index (κ3) is 5.45. The molecule has 0 aromatic heterocycles. The molecular weight excluding hydrogens is 238 g/mol. The number of thioether (sulfide) groups is 1. The van der Waals surface area contributed by atoms with Gasteiger partial charge >= 0.3 is 0 Å². The summed E-state index contributed by atoms with van der Waals surface area (Å²) in [6, 6.07) is 9.42. The second-order valence-electron chi connectivity index (χ2n) is 4.97. The predicted molar refractivity (Wildman–Crippen MR) is 83.4 cm³/mol. The fourth-order valence-corrected chi connectivity index (χ4v) is 3.21. The van der Waals surface area contributed by atoms with Crippen molar-refractivity contribution in [1.82, 2.24) is 5.32 Å². The van der Waals surface area contributed by atoms with Crippen molar-refractivity contribution in [1.29, 1.82) is 0 Å². The van der Waals surface area contributed by atoms with Crippen LogP contribution in [0, 0.1) is 0 Å². The summed E-state index contributed by atoms with van der Waals surface area (Å²) in [7, 11) is 0. The van der Waals surface area contributed by atoms with Gasteiger partial charge in [-0.15, -0.1) is 11.8 Å². The Labute approximate surface area is 117 Å². The van der Waals surface area contributed by atoms with Gasteiger partial charge in [-0.2, -0.15) is 0 Å². The van der Waals surface area contributed by atoms with E-state index in [0.29, 0.717) is 11.3 Å². The van der Waals surface area contributed by atoms with Crippen molar-refractivity contribution < 1.29 is 0 Å². The van der Waals surface area contributed by atoms with Gasteiger partial charge in [0.1, 0.15) is 0 Å². The van der Waals surface area contributed by atoms with Crippen LogP contribution in [-0.4, -0.2) is 11.8 Å². The van der Waals surface area contributed by atoms with E-state index in [2.05, 4.69) is 57.3 Å². The summed E-state index contributed by atoms with van der Waals surface area (Å²) in [6.07, 6.45) is 3.74. The molecule has 1 rings (SSSR count). The van der Waals surface area contributed by atoms with E-state index < -0.39 is 0 Å². The quantitative estimate of drug-likeness (QED) is 0.662. The number of nitrogens with one attached hydrogen (secondary N) is 1. The van der Waals surface area contributed by atoms with Gasteiger partial charge in [0.05, 0.1) is 0 Å². The Kier molecular flexibility index (Phi) is 7.45. The van der Waals surface area contributed by atoms with Crippen LogP contribution in [0.5, 0.6) is 0 Å². The van der Waals surface area contributed by atoms with Gasteiger partial charge in [-0.1, -0.05) is 39.3 Å². The molecule has 102 valence electrons. The molecule has 0 heterocycles. The lowest BCUT2D eigenvalue weighted by molar-refractivity contribution is 0.570. The van der Waals surface area contributed by atoms with Crippen LogP contribution in [0.2, 0.25) is 0 Å². The van der Waals surface area contributed by atoms with Crippen LogP contribution in [0.25, 0.3) is 0 Å². The average Bonchev–Trinajstić information content (AvgIpc) is 2.36. The minimum absolute atomic E-state index is 0.451. The van der Waals surface area contributed by atoms with E-state index >= 15 is 0 Å². The molecule has 0 fully saturated rings. The number of hydrogen-bond acceptors (Lipinski definition) is 2. The zero-order valence-corrected chi connectivity index (χ0v) is 13.0. The first kappa shape index (κ1) is 15.6. The molecule has 0 spiro atoms. The third-order valence-corrected chi connectivity index (χ3v) is 4.26. The summed E-state index contributed by atoms with van der Waals surface area (Å²) in [4.78, 5) is 1.40. The second kappa shape index (κ2) is 8.60. The molecule has 2 heteroatoms. The standard InChI is InChI=1S/C16H27NS/c1-5-8-13(3)18-16-10-7-9-15(12-16)14(4)17-11-6-2/h7,9-10,12-14,17H,5-6,8,11H2,1-4H3. The highest BCUT2D eigenvalue weighted by Crippen LogP contribution is 2.28. The molecule has 1 nitrogen and oxygen atoms in total. The molecule has 0 bridgehead atoms. The molecule has 0 aliphatic heterocycles. The highest BCUT2D eigenvalue weighted by Gasteiger charge is 2.07. The molecule has 1 aromatic rings. The van der Waals surface area contributed by atoms with Crippen molar-refractivity contribution >= 4 is 11.8 Å². The van der Waals surface area contributed by atoms with Crippen LogP contribution in [0.1, 0.15) is 58.6 Å². The molecule has 0 radical (unpaired) electrons. The van der Waals surface area contributed by atoms with Gasteiger partial charge in [0.15, 0.2) is 0 Å². The second-order valence-corrected chi connectivity index (χ2v) is 6.48. The van der Waals surface area contributed by atoms with E-state index in [1.54, 1.807) is 0 Å². The Morgan fingerprint density at radius 1 is 1.17 bits per heavy atom. The number of benzene rings is 1. The van der Waals surface area contributed by atoms with E-state index in [4.69, 9.17) is 0 Å². The van der Waals surface area contributed by atoms with Crippen molar-refractivity contribution in [3.05, 3.63) is 29.8 Å². The molecule has 18 heavy (non-hydrogen) atoms. The first-order valence-corrected chi connectivity index (χ1v) is 8.05. The van der Waals surface area contributed by atoms with E-state index in [-0.39, 0.29) is 0 Å². The van der Waals surface area contributed by atoms with Gasteiger partial charge in [0, 0.05) is 16.2 Å². The smallest absolute Gasteiger partial charge is 0.0292 e. The number of hydrogen-bond donors (Lipinski definition) is 1. The molecule has 0 amide bonds. The van der Waals surface area contributed by atoms with Gasteiger partial charge < -0.3 is 5.32 Å². The fraction of sp³-hybridized carbons (Fsp3) is 0.625. The molecular formula is C16H27NS. The Balaban J connectivity index is 2.61. The minimum Gasteiger partial charge on any atom is -0.310 e. The van der Waals surface area contributed by atoms with E-state index in [1.807, 2.05) is 11.8 Å². The largest absolute Gasteiger partial charge is 0.310 e. The van der Waals surface area contributed by atoms with Crippen LogP contribution in [0.3, 0.4) is 0 Å². The first-order chi connectivity index (χ1) is 8.67. The SMILES string of the molecule is CCCNC(C)c1cccc(SC(C)CCC)c1. The summed E-state index contributed by atoms with van der Waals surface area (Å²) in [5.74, 6) is 0. The third-order valence-electron chi connectivity index (χ3n) is 3.09. The lowest BCUT2D eigenvalue weighted by Crippen LogP contribution is -2.19. The van der Waals surface area contributed by atoms with Crippen molar-refractivity contribution in [3.8, 4) is 0 Å². The summed E-state index contributed by atoms with van der Waals surface area (Å²) in [6.45, 7) is 10.1. The normalized spacial score (nSPS) is 14.4. The van der Waals surface area contributed by atoms with E-state index in [0.717, 1.165) is 6.54 Å². The van der Waals surface area contributed by atoms with Crippen LogP contribution in [0.15, 0.2) is 29.2 Å². The zero-order chi connectivity index (χ0) is 13.4. The fourth-order valence-electron chi connectivity index (χ4n) is 2.03. The van der Waals surface area contributed by atoms with Crippen LogP contribution < -0.4 is 5.32 Å². The molecule has 0 saturated heterocycles. The summed E-state index contributed by atoms with van der Waals surface area (Å²) >= 11 is 2.00. The molecule has 2 unspecified atom stereocenters. The molecule has 0 aliphatic rings. The molecule has 0 saturated carbocycles. The lowest BCUT2D eigenvalue weighted by atomic mass is 10.1. The Morgan fingerprint density at radius 2 is 1.94 bits per heavy atom. The van der Waals surface area contributed by atoms with E-state index in [9.17, 15) is 0 Å². The van der Waals surface area contributed by atoms with Gasteiger partial charge in [-0.05, 0) is 44.0 Å². The van der Waals surface area contributed by atoms with Crippen LogP contribution in [0.4, 0.5) is 0 Å². The van der Waals surface area contributed by atoms with Gasteiger partial charge in [0.25, 0.3) is 0 Å². The van der Waals surface area contributed by atoms with Gasteiger partial charge in [-0.3, -0.25) is 0 Å². The molecule has 1 N–H and O–H groups in total. The zero-order valence-electron chi connectivity index (χ0n) is 12.2. The highest BCUT2D eigenvalue weighted by atomic mass is 32.2. The van der Waals surface area contributed by atoms with Crippen LogP contribution >= 0.6 is 11.8 Å². The monoisotopic (exact) mass is 265 g/mol. The van der Waals surface area contributed by atoms with Crippen molar-refractivity contribution in [2.75, 3.05) is 6.54 Å². The molecule has 0 aliphatic carbocycles. The minimum atomic E-state index is 0.451. The van der Waals surface area contributed by atoms with Crippen molar-refractivity contribution in [3.63, 3.8) is 0 Å². The topological polar surface area (TPSA) is 12.0 Å². The predicted octanol–water partition coefficient (Wildman–Crippen LogP) is 5.03. The number of rotatable bonds is 8. The highest BCUT2D eigenvalue weighted by molar-refractivity contribution is 7.99. The maximum atomic E-state index is 3.55. The van der Waals surface area contributed by atoms with E-state index in [1.165, 1.54) is 29.7 Å².